The van der Waals surface area contributed by atoms with Crippen LogP contribution in [0.15, 0.2) is 29.2 Å². The second kappa shape index (κ2) is 5.95. The average Bonchev–Trinajstić information content (AvgIpc) is 2.28. The molecule has 1 aromatic rings. The molecule has 2 nitrogen and oxygen atoms in total. The third kappa shape index (κ3) is 4.51. The van der Waals surface area contributed by atoms with Gasteiger partial charge in [0.1, 0.15) is 0 Å². The SMILES string of the molecule is FC(F)(F)Sc1cccc(CN2CCOCC2)c1. The second-order valence-electron chi connectivity index (χ2n) is 4.08. The Morgan fingerprint density at radius 2 is 1.94 bits per heavy atom. The van der Waals surface area contributed by atoms with Gasteiger partial charge in [0.2, 0.25) is 0 Å². The molecule has 1 aliphatic heterocycles. The van der Waals surface area contributed by atoms with Gasteiger partial charge in [-0.1, -0.05) is 12.1 Å². The molecule has 0 saturated carbocycles. The lowest BCUT2D eigenvalue weighted by Crippen LogP contribution is -2.35. The first-order valence-electron chi connectivity index (χ1n) is 5.68. The van der Waals surface area contributed by atoms with E-state index in [4.69, 9.17) is 4.74 Å². The molecule has 1 saturated heterocycles. The zero-order chi connectivity index (χ0) is 13.0. The third-order valence-corrected chi connectivity index (χ3v) is 3.36. The van der Waals surface area contributed by atoms with E-state index in [1.165, 1.54) is 6.07 Å². The van der Waals surface area contributed by atoms with Gasteiger partial charge < -0.3 is 4.74 Å². The van der Waals surface area contributed by atoms with Crippen molar-refractivity contribution in [2.75, 3.05) is 26.3 Å². The second-order valence-corrected chi connectivity index (χ2v) is 5.22. The van der Waals surface area contributed by atoms with Gasteiger partial charge in [-0.05, 0) is 29.5 Å². The number of halogens is 3. The lowest BCUT2D eigenvalue weighted by molar-refractivity contribution is -0.0328. The lowest BCUT2D eigenvalue weighted by atomic mass is 10.2. The molecule has 0 spiro atoms. The van der Waals surface area contributed by atoms with Crippen molar-refractivity contribution in [3.05, 3.63) is 29.8 Å². The van der Waals surface area contributed by atoms with E-state index < -0.39 is 5.51 Å². The topological polar surface area (TPSA) is 12.5 Å². The minimum absolute atomic E-state index is 0.0663. The molecule has 18 heavy (non-hydrogen) atoms. The Balaban J connectivity index is 1.98. The van der Waals surface area contributed by atoms with Crippen LogP contribution < -0.4 is 0 Å². The molecule has 1 aliphatic rings. The molecule has 0 aromatic heterocycles. The Morgan fingerprint density at radius 3 is 2.61 bits per heavy atom. The third-order valence-electron chi connectivity index (χ3n) is 2.64. The van der Waals surface area contributed by atoms with E-state index in [-0.39, 0.29) is 16.7 Å². The number of hydrogen-bond acceptors (Lipinski definition) is 3. The molecule has 1 fully saturated rings. The summed E-state index contributed by atoms with van der Waals surface area (Å²) in [6, 6.07) is 6.62. The number of morpholine rings is 1. The number of thioether (sulfide) groups is 1. The van der Waals surface area contributed by atoms with E-state index in [1.807, 2.05) is 6.07 Å². The summed E-state index contributed by atoms with van der Waals surface area (Å²) in [4.78, 5) is 2.43. The maximum Gasteiger partial charge on any atom is 0.446 e. The molecule has 100 valence electrons. The van der Waals surface area contributed by atoms with E-state index >= 15 is 0 Å². The number of ether oxygens (including phenoxy) is 1. The van der Waals surface area contributed by atoms with Crippen molar-refractivity contribution >= 4 is 11.8 Å². The standard InChI is InChI=1S/C12H14F3NOS/c13-12(14,15)18-11-3-1-2-10(8-11)9-16-4-6-17-7-5-16/h1-3,8H,4-7,9H2. The van der Waals surface area contributed by atoms with E-state index in [0.717, 1.165) is 18.7 Å². The van der Waals surface area contributed by atoms with Gasteiger partial charge in [-0.25, -0.2) is 0 Å². The molecule has 0 atom stereocenters. The van der Waals surface area contributed by atoms with Crippen LogP contribution in [-0.4, -0.2) is 36.7 Å². The fourth-order valence-electron chi connectivity index (χ4n) is 1.86. The number of nitrogens with zero attached hydrogens (tertiary/aromatic N) is 1. The maximum absolute atomic E-state index is 12.3. The fraction of sp³-hybridized carbons (Fsp3) is 0.500. The van der Waals surface area contributed by atoms with Crippen molar-refractivity contribution < 1.29 is 17.9 Å². The van der Waals surface area contributed by atoms with Crippen LogP contribution in [0.1, 0.15) is 5.56 Å². The molecule has 0 bridgehead atoms. The minimum Gasteiger partial charge on any atom is -0.379 e. The zero-order valence-electron chi connectivity index (χ0n) is 9.74. The van der Waals surface area contributed by atoms with Crippen LogP contribution in [-0.2, 0) is 11.3 Å². The normalized spacial score (nSPS) is 17.9. The molecule has 1 heterocycles. The van der Waals surface area contributed by atoms with Crippen molar-refractivity contribution in [1.82, 2.24) is 4.90 Å². The molecule has 0 radical (unpaired) electrons. The molecule has 2 rings (SSSR count). The quantitative estimate of drug-likeness (QED) is 0.788. The maximum atomic E-state index is 12.3. The Hall–Kier alpha value is -0.720. The molecule has 0 amide bonds. The lowest BCUT2D eigenvalue weighted by Gasteiger charge is -2.26. The van der Waals surface area contributed by atoms with Crippen molar-refractivity contribution in [3.63, 3.8) is 0 Å². The predicted octanol–water partition coefficient (Wildman–Crippen LogP) is 3.13. The molecular weight excluding hydrogens is 263 g/mol. The molecule has 1 aromatic carbocycles. The zero-order valence-corrected chi connectivity index (χ0v) is 10.6. The summed E-state index contributed by atoms with van der Waals surface area (Å²) in [5.41, 5.74) is -3.32. The van der Waals surface area contributed by atoms with Gasteiger partial charge in [0, 0.05) is 24.5 Å². The van der Waals surface area contributed by atoms with Crippen LogP contribution in [0.5, 0.6) is 0 Å². The van der Waals surface area contributed by atoms with E-state index in [0.29, 0.717) is 19.8 Å². The summed E-state index contributed by atoms with van der Waals surface area (Å²) in [6.45, 7) is 3.72. The largest absolute Gasteiger partial charge is 0.446 e. The van der Waals surface area contributed by atoms with Crippen molar-refractivity contribution in [2.45, 2.75) is 16.9 Å². The van der Waals surface area contributed by atoms with Crippen LogP contribution in [0, 0.1) is 0 Å². The summed E-state index contributed by atoms with van der Waals surface area (Å²) in [5, 5.41) is 0. The van der Waals surface area contributed by atoms with Gasteiger partial charge in [0.05, 0.1) is 13.2 Å². The highest BCUT2D eigenvalue weighted by molar-refractivity contribution is 8.00. The summed E-state index contributed by atoms with van der Waals surface area (Å²) in [6.07, 6.45) is 0. The first-order valence-corrected chi connectivity index (χ1v) is 6.49. The Labute approximate surface area is 108 Å². The number of rotatable bonds is 3. The van der Waals surface area contributed by atoms with E-state index in [9.17, 15) is 13.2 Å². The van der Waals surface area contributed by atoms with Gasteiger partial charge in [-0.3, -0.25) is 4.90 Å². The van der Waals surface area contributed by atoms with Crippen molar-refractivity contribution in [2.24, 2.45) is 0 Å². The molecular formula is C12H14F3NOS. The van der Waals surface area contributed by atoms with Gasteiger partial charge in [0.25, 0.3) is 0 Å². The molecule has 6 heteroatoms. The van der Waals surface area contributed by atoms with Crippen molar-refractivity contribution in [3.8, 4) is 0 Å². The van der Waals surface area contributed by atoms with Crippen LogP contribution in [0.2, 0.25) is 0 Å². The van der Waals surface area contributed by atoms with Crippen molar-refractivity contribution in [1.29, 1.82) is 0 Å². The van der Waals surface area contributed by atoms with E-state index in [1.54, 1.807) is 12.1 Å². The molecule has 0 unspecified atom stereocenters. The summed E-state index contributed by atoms with van der Waals surface area (Å²) >= 11 is -0.0663. The van der Waals surface area contributed by atoms with Gasteiger partial charge in [-0.2, -0.15) is 13.2 Å². The first kappa shape index (κ1) is 13.7. The van der Waals surface area contributed by atoms with Crippen LogP contribution in [0.25, 0.3) is 0 Å². The number of hydrogen-bond donors (Lipinski definition) is 0. The summed E-state index contributed by atoms with van der Waals surface area (Å²) in [5.74, 6) is 0. The molecule has 0 N–H and O–H groups in total. The van der Waals surface area contributed by atoms with Crippen LogP contribution >= 0.6 is 11.8 Å². The predicted molar refractivity (Wildman–Crippen MR) is 64.5 cm³/mol. The van der Waals surface area contributed by atoms with Crippen LogP contribution in [0.4, 0.5) is 13.2 Å². The Bertz CT molecular complexity index is 391. The van der Waals surface area contributed by atoms with Gasteiger partial charge in [0.15, 0.2) is 0 Å². The fourth-order valence-corrected chi connectivity index (χ4v) is 2.48. The average molecular weight is 277 g/mol. The van der Waals surface area contributed by atoms with Gasteiger partial charge in [-0.15, -0.1) is 0 Å². The van der Waals surface area contributed by atoms with E-state index in [2.05, 4.69) is 4.90 Å². The highest BCUT2D eigenvalue weighted by atomic mass is 32.2. The highest BCUT2D eigenvalue weighted by Crippen LogP contribution is 2.37. The molecule has 0 aliphatic carbocycles. The number of benzene rings is 1. The Kier molecular flexibility index (Phi) is 4.53. The minimum atomic E-state index is -4.22. The van der Waals surface area contributed by atoms with Gasteiger partial charge >= 0.3 is 5.51 Å². The Morgan fingerprint density at radius 1 is 1.22 bits per heavy atom. The van der Waals surface area contributed by atoms with Crippen LogP contribution in [0.3, 0.4) is 0 Å². The number of alkyl halides is 3. The highest BCUT2D eigenvalue weighted by Gasteiger charge is 2.29. The smallest absolute Gasteiger partial charge is 0.379 e. The monoisotopic (exact) mass is 277 g/mol. The first-order chi connectivity index (χ1) is 8.53. The summed E-state index contributed by atoms with van der Waals surface area (Å²) < 4.78 is 42.0. The summed E-state index contributed by atoms with van der Waals surface area (Å²) in [7, 11) is 0.